The van der Waals surface area contributed by atoms with Crippen molar-refractivity contribution in [2.24, 2.45) is 0 Å². The Bertz CT molecular complexity index is 523. The quantitative estimate of drug-likeness (QED) is 0.914. The van der Waals surface area contributed by atoms with Gasteiger partial charge in [0.25, 0.3) is 0 Å². The van der Waals surface area contributed by atoms with E-state index < -0.39 is 5.60 Å². The third-order valence-electron chi connectivity index (χ3n) is 5.43. The molecule has 0 aromatic carbocycles. The second-order valence-corrected chi connectivity index (χ2v) is 6.94. The molecular formula is C17H27N3O3. The average Bonchev–Trinajstić information content (AvgIpc) is 3.07. The van der Waals surface area contributed by atoms with Crippen LogP contribution in [0.4, 0.5) is 0 Å². The Morgan fingerprint density at radius 2 is 2.13 bits per heavy atom. The molecule has 2 aliphatic heterocycles. The molecule has 0 bridgehead atoms. The SMILES string of the molecule is CCC1(O)CCOC2(CCN(C(=O)CCn3cccn3)CC2)C1. The first-order valence-electron chi connectivity index (χ1n) is 8.66. The number of ether oxygens (including phenoxy) is 1. The highest BCUT2D eigenvalue weighted by Gasteiger charge is 2.46. The Balaban J connectivity index is 1.50. The lowest BCUT2D eigenvalue weighted by Crippen LogP contribution is -2.55. The van der Waals surface area contributed by atoms with Crippen LogP contribution in [-0.2, 0) is 16.1 Å². The van der Waals surface area contributed by atoms with Gasteiger partial charge in [-0.25, -0.2) is 0 Å². The molecule has 1 N–H and O–H groups in total. The van der Waals surface area contributed by atoms with Crippen LogP contribution in [0.1, 0.15) is 45.4 Å². The van der Waals surface area contributed by atoms with Gasteiger partial charge < -0.3 is 14.7 Å². The predicted octanol–water partition coefficient (Wildman–Crippen LogP) is 1.59. The number of likely N-dealkylation sites (tertiary alicyclic amines) is 1. The number of aryl methyl sites for hydroxylation is 1. The summed E-state index contributed by atoms with van der Waals surface area (Å²) in [6.45, 7) is 4.72. The van der Waals surface area contributed by atoms with E-state index in [2.05, 4.69) is 5.10 Å². The molecule has 128 valence electrons. The van der Waals surface area contributed by atoms with E-state index in [1.807, 2.05) is 24.1 Å². The fourth-order valence-corrected chi connectivity index (χ4v) is 3.78. The second kappa shape index (κ2) is 6.61. The summed E-state index contributed by atoms with van der Waals surface area (Å²) in [5.74, 6) is 0.178. The van der Waals surface area contributed by atoms with Crippen LogP contribution >= 0.6 is 0 Å². The van der Waals surface area contributed by atoms with Crippen LogP contribution in [0.3, 0.4) is 0 Å². The fraction of sp³-hybridized carbons (Fsp3) is 0.765. The van der Waals surface area contributed by atoms with Crippen LogP contribution in [0, 0.1) is 0 Å². The number of hydrogen-bond donors (Lipinski definition) is 1. The van der Waals surface area contributed by atoms with Gasteiger partial charge in [-0.2, -0.15) is 5.10 Å². The highest BCUT2D eigenvalue weighted by Crippen LogP contribution is 2.40. The minimum atomic E-state index is -0.593. The summed E-state index contributed by atoms with van der Waals surface area (Å²) in [4.78, 5) is 14.3. The van der Waals surface area contributed by atoms with Crippen molar-refractivity contribution in [1.29, 1.82) is 0 Å². The van der Waals surface area contributed by atoms with E-state index in [-0.39, 0.29) is 11.5 Å². The van der Waals surface area contributed by atoms with Gasteiger partial charge in [-0.3, -0.25) is 9.48 Å². The van der Waals surface area contributed by atoms with Gasteiger partial charge >= 0.3 is 0 Å². The van der Waals surface area contributed by atoms with Crippen molar-refractivity contribution < 1.29 is 14.6 Å². The Hall–Kier alpha value is -1.40. The standard InChI is InChI=1S/C17H27N3O3/c1-2-16(22)7-13-23-17(14-16)5-11-19(12-6-17)15(21)4-10-20-9-3-8-18-20/h3,8-9,22H,2,4-7,10-14H2,1H3. The normalized spacial score (nSPS) is 27.3. The summed E-state index contributed by atoms with van der Waals surface area (Å²) in [5, 5.41) is 14.7. The minimum absolute atomic E-state index is 0.178. The first kappa shape index (κ1) is 16.5. The van der Waals surface area contributed by atoms with Crippen LogP contribution in [0.15, 0.2) is 18.5 Å². The zero-order valence-electron chi connectivity index (χ0n) is 13.9. The topological polar surface area (TPSA) is 67.6 Å². The number of rotatable bonds is 4. The van der Waals surface area contributed by atoms with Crippen LogP contribution < -0.4 is 0 Å². The number of hydrogen-bond acceptors (Lipinski definition) is 4. The molecule has 2 saturated heterocycles. The van der Waals surface area contributed by atoms with Crippen molar-refractivity contribution in [3.8, 4) is 0 Å². The Labute approximate surface area is 137 Å². The number of amides is 1. The van der Waals surface area contributed by atoms with Crippen LogP contribution in [0.2, 0.25) is 0 Å². The number of aromatic nitrogens is 2. The van der Waals surface area contributed by atoms with E-state index in [1.54, 1.807) is 10.9 Å². The Kier molecular flexibility index (Phi) is 4.73. The molecule has 0 saturated carbocycles. The molecule has 0 aliphatic carbocycles. The number of carbonyl (C=O) groups is 1. The first-order valence-corrected chi connectivity index (χ1v) is 8.66. The Morgan fingerprint density at radius 3 is 2.78 bits per heavy atom. The van der Waals surface area contributed by atoms with E-state index in [9.17, 15) is 9.90 Å². The largest absolute Gasteiger partial charge is 0.390 e. The predicted molar refractivity (Wildman–Crippen MR) is 85.8 cm³/mol. The summed E-state index contributed by atoms with van der Waals surface area (Å²) in [7, 11) is 0. The van der Waals surface area contributed by atoms with E-state index in [0.29, 0.717) is 26.0 Å². The van der Waals surface area contributed by atoms with E-state index in [4.69, 9.17) is 4.74 Å². The summed E-state index contributed by atoms with van der Waals surface area (Å²) < 4.78 is 7.83. The maximum atomic E-state index is 12.3. The molecule has 1 spiro atoms. The van der Waals surface area contributed by atoms with E-state index in [0.717, 1.165) is 38.8 Å². The van der Waals surface area contributed by atoms with Crippen molar-refractivity contribution in [1.82, 2.24) is 14.7 Å². The fourth-order valence-electron chi connectivity index (χ4n) is 3.78. The van der Waals surface area contributed by atoms with Crippen LogP contribution in [0.5, 0.6) is 0 Å². The maximum absolute atomic E-state index is 12.3. The molecule has 6 heteroatoms. The third-order valence-corrected chi connectivity index (χ3v) is 5.43. The molecule has 0 radical (unpaired) electrons. The highest BCUT2D eigenvalue weighted by molar-refractivity contribution is 5.76. The highest BCUT2D eigenvalue weighted by atomic mass is 16.5. The molecule has 3 rings (SSSR count). The summed E-state index contributed by atoms with van der Waals surface area (Å²) in [6, 6.07) is 1.87. The number of nitrogens with zero attached hydrogens (tertiary/aromatic N) is 3. The third kappa shape index (κ3) is 3.75. The maximum Gasteiger partial charge on any atom is 0.224 e. The zero-order chi connectivity index (χ0) is 16.3. The van der Waals surface area contributed by atoms with Gasteiger partial charge in [-0.05, 0) is 31.7 Å². The summed E-state index contributed by atoms with van der Waals surface area (Å²) in [5.41, 5.74) is -0.827. The smallest absolute Gasteiger partial charge is 0.224 e. The number of piperidine rings is 1. The number of carbonyl (C=O) groups excluding carboxylic acids is 1. The van der Waals surface area contributed by atoms with Crippen LogP contribution in [-0.4, -0.2) is 56.6 Å². The molecule has 3 heterocycles. The molecular weight excluding hydrogens is 294 g/mol. The molecule has 2 aliphatic rings. The molecule has 2 fully saturated rings. The van der Waals surface area contributed by atoms with Gasteiger partial charge in [0.15, 0.2) is 0 Å². The van der Waals surface area contributed by atoms with Crippen molar-refractivity contribution in [2.45, 2.75) is 63.2 Å². The van der Waals surface area contributed by atoms with Gasteiger partial charge in [0.2, 0.25) is 5.91 Å². The van der Waals surface area contributed by atoms with Gasteiger partial charge in [0.1, 0.15) is 0 Å². The summed E-state index contributed by atoms with van der Waals surface area (Å²) >= 11 is 0. The van der Waals surface area contributed by atoms with Gasteiger partial charge in [-0.15, -0.1) is 0 Å². The van der Waals surface area contributed by atoms with Crippen molar-refractivity contribution in [2.75, 3.05) is 19.7 Å². The first-order chi connectivity index (χ1) is 11.0. The molecule has 6 nitrogen and oxygen atoms in total. The molecule has 1 amide bonds. The minimum Gasteiger partial charge on any atom is -0.390 e. The lowest BCUT2D eigenvalue weighted by atomic mass is 9.76. The van der Waals surface area contributed by atoms with Crippen molar-refractivity contribution in [3.05, 3.63) is 18.5 Å². The summed E-state index contributed by atoms with van der Waals surface area (Å²) in [6.07, 6.45) is 7.92. The van der Waals surface area contributed by atoms with Gasteiger partial charge in [-0.1, -0.05) is 6.92 Å². The zero-order valence-corrected chi connectivity index (χ0v) is 13.9. The molecule has 1 unspecified atom stereocenters. The molecule has 23 heavy (non-hydrogen) atoms. The lowest BCUT2D eigenvalue weighted by molar-refractivity contribution is -0.181. The average molecular weight is 321 g/mol. The monoisotopic (exact) mass is 321 g/mol. The Morgan fingerprint density at radius 1 is 1.35 bits per heavy atom. The van der Waals surface area contributed by atoms with Gasteiger partial charge in [0, 0.05) is 44.9 Å². The van der Waals surface area contributed by atoms with Crippen molar-refractivity contribution >= 4 is 5.91 Å². The molecule has 1 aromatic heterocycles. The van der Waals surface area contributed by atoms with Crippen molar-refractivity contribution in [3.63, 3.8) is 0 Å². The number of aliphatic hydroxyl groups is 1. The van der Waals surface area contributed by atoms with Crippen LogP contribution in [0.25, 0.3) is 0 Å². The molecule has 1 aromatic rings. The lowest BCUT2D eigenvalue weighted by Gasteiger charge is -2.49. The molecule has 1 atom stereocenters. The second-order valence-electron chi connectivity index (χ2n) is 6.94. The van der Waals surface area contributed by atoms with E-state index >= 15 is 0 Å². The van der Waals surface area contributed by atoms with E-state index in [1.165, 1.54) is 0 Å². The van der Waals surface area contributed by atoms with Gasteiger partial charge in [0.05, 0.1) is 17.8 Å².